The van der Waals surface area contributed by atoms with E-state index in [1.807, 2.05) is 13.8 Å². The van der Waals surface area contributed by atoms with E-state index in [1.165, 1.54) is 10.5 Å². The number of nitrogens with zero attached hydrogens (tertiary/aromatic N) is 4. The summed E-state index contributed by atoms with van der Waals surface area (Å²) in [6.07, 6.45) is 3.76. The molecule has 8 nitrogen and oxygen atoms in total. The molecule has 154 valence electrons. The molecule has 2 aliphatic rings. The Hall–Kier alpha value is -2.52. The molecule has 0 unspecified atom stereocenters. The summed E-state index contributed by atoms with van der Waals surface area (Å²) < 4.78 is 34.2. The third-order valence-electron chi connectivity index (χ3n) is 5.49. The highest BCUT2D eigenvalue weighted by atomic mass is 32.2. The van der Waals surface area contributed by atoms with Crippen LogP contribution in [0.15, 0.2) is 41.6 Å². The summed E-state index contributed by atoms with van der Waals surface area (Å²) >= 11 is 0. The molecule has 9 heteroatoms. The number of likely N-dealkylation sites (tertiary alicyclic amines) is 1. The number of para-hydroxylation sites is 1. The first-order valence-electron chi connectivity index (χ1n) is 9.77. The fourth-order valence-electron chi connectivity index (χ4n) is 4.03. The minimum absolute atomic E-state index is 0.194. The van der Waals surface area contributed by atoms with Crippen LogP contribution in [0.4, 0.5) is 0 Å². The first-order chi connectivity index (χ1) is 13.9. The monoisotopic (exact) mass is 416 g/mol. The number of benzene rings is 1. The number of rotatable bonds is 2. The van der Waals surface area contributed by atoms with Crippen molar-refractivity contribution in [3.8, 4) is 5.75 Å². The Morgan fingerprint density at radius 1 is 1.17 bits per heavy atom. The number of sulfonamides is 1. The summed E-state index contributed by atoms with van der Waals surface area (Å²) in [6.45, 7) is 4.89. The summed E-state index contributed by atoms with van der Waals surface area (Å²) in [5, 5.41) is 0. The number of aryl methyl sites for hydroxylation is 1. The van der Waals surface area contributed by atoms with E-state index < -0.39 is 10.0 Å². The summed E-state index contributed by atoms with van der Waals surface area (Å²) in [6, 6.07) is 6.42. The Balaban J connectivity index is 1.62. The van der Waals surface area contributed by atoms with E-state index in [1.54, 1.807) is 35.4 Å². The molecule has 4 rings (SSSR count). The maximum atomic E-state index is 13.2. The number of ether oxygens (including phenoxy) is 1. The van der Waals surface area contributed by atoms with Crippen molar-refractivity contribution < 1.29 is 17.9 Å². The average molecular weight is 417 g/mol. The van der Waals surface area contributed by atoms with Crippen molar-refractivity contribution >= 4 is 15.9 Å². The molecule has 0 saturated carbocycles. The molecule has 2 aromatic rings. The minimum atomic E-state index is -3.67. The molecule has 1 saturated heterocycles. The number of carbonyl (C=O) groups is 1. The van der Waals surface area contributed by atoms with Crippen molar-refractivity contribution in [2.24, 2.45) is 0 Å². The van der Waals surface area contributed by atoms with Gasteiger partial charge in [-0.25, -0.2) is 13.4 Å². The van der Waals surface area contributed by atoms with Crippen molar-refractivity contribution in [1.82, 2.24) is 19.2 Å². The molecule has 0 N–H and O–H groups in total. The zero-order valence-corrected chi connectivity index (χ0v) is 17.3. The number of aromatic nitrogens is 2. The second kappa shape index (κ2) is 7.72. The summed E-state index contributed by atoms with van der Waals surface area (Å²) in [5.41, 5.74) is 1.04. The van der Waals surface area contributed by atoms with E-state index in [9.17, 15) is 13.2 Å². The topological polar surface area (TPSA) is 92.7 Å². The van der Waals surface area contributed by atoms with Gasteiger partial charge in [0.05, 0.1) is 17.9 Å². The molecule has 29 heavy (non-hydrogen) atoms. The Kier molecular flexibility index (Phi) is 5.26. The van der Waals surface area contributed by atoms with Gasteiger partial charge < -0.3 is 9.64 Å². The molecule has 1 amide bonds. The Morgan fingerprint density at radius 3 is 2.66 bits per heavy atom. The third-order valence-corrected chi connectivity index (χ3v) is 7.53. The molecule has 0 bridgehead atoms. The van der Waals surface area contributed by atoms with Crippen LogP contribution < -0.4 is 4.74 Å². The highest BCUT2D eigenvalue weighted by Gasteiger charge is 2.43. The average Bonchev–Trinajstić information content (AvgIpc) is 2.96. The van der Waals surface area contributed by atoms with Crippen LogP contribution in [0.3, 0.4) is 0 Å². The number of likely N-dealkylation sites (N-methyl/N-ethyl adjacent to an activating group) is 1. The van der Waals surface area contributed by atoms with Gasteiger partial charge in [0.15, 0.2) is 0 Å². The highest BCUT2D eigenvalue weighted by molar-refractivity contribution is 7.89. The second-order valence-electron chi connectivity index (χ2n) is 7.29. The van der Waals surface area contributed by atoms with Gasteiger partial charge in [0.25, 0.3) is 5.91 Å². The summed E-state index contributed by atoms with van der Waals surface area (Å²) in [7, 11) is -3.67. The molecule has 1 fully saturated rings. The van der Waals surface area contributed by atoms with E-state index in [4.69, 9.17) is 4.74 Å². The van der Waals surface area contributed by atoms with E-state index in [-0.39, 0.29) is 22.9 Å². The Morgan fingerprint density at radius 2 is 1.93 bits per heavy atom. The lowest BCUT2D eigenvalue weighted by Gasteiger charge is -2.30. The lowest BCUT2D eigenvalue weighted by atomic mass is 10.1. The Labute approximate surface area is 170 Å². The van der Waals surface area contributed by atoms with Crippen LogP contribution in [0.25, 0.3) is 0 Å². The molecule has 3 heterocycles. The number of hydrogen-bond acceptors (Lipinski definition) is 6. The predicted octanol–water partition coefficient (Wildman–Crippen LogP) is 1.86. The molecular weight excluding hydrogens is 392 g/mol. The second-order valence-corrected chi connectivity index (χ2v) is 9.15. The van der Waals surface area contributed by atoms with Gasteiger partial charge in [0.2, 0.25) is 10.0 Å². The van der Waals surface area contributed by atoms with Crippen molar-refractivity contribution in [2.75, 3.05) is 19.6 Å². The van der Waals surface area contributed by atoms with Gasteiger partial charge in [-0.3, -0.25) is 9.78 Å². The van der Waals surface area contributed by atoms with E-state index in [0.717, 1.165) is 5.69 Å². The van der Waals surface area contributed by atoms with Crippen LogP contribution in [0, 0.1) is 6.92 Å². The standard InChI is InChI=1S/C20H24N4O4S/c1-3-24-16-8-10-23(20(25)15-13-21-14(2)12-22-15)11-9-17(16)28-18-6-4-5-7-19(18)29(24,26)27/h4-7,12-13,16-17H,3,8-11H2,1-2H3/t16-,17-/m0/s1. The molecule has 2 aliphatic heterocycles. The lowest BCUT2D eigenvalue weighted by Crippen LogP contribution is -2.47. The van der Waals surface area contributed by atoms with Crippen LogP contribution in [-0.4, -0.2) is 65.3 Å². The minimum Gasteiger partial charge on any atom is -0.487 e. The number of carbonyl (C=O) groups excluding carboxylic acids is 1. The third kappa shape index (κ3) is 3.60. The number of amides is 1. The van der Waals surface area contributed by atoms with Gasteiger partial charge in [-0.1, -0.05) is 19.1 Å². The zero-order valence-electron chi connectivity index (χ0n) is 16.5. The zero-order chi connectivity index (χ0) is 20.6. The van der Waals surface area contributed by atoms with Gasteiger partial charge in [-0.2, -0.15) is 4.31 Å². The van der Waals surface area contributed by atoms with Crippen molar-refractivity contribution in [3.63, 3.8) is 0 Å². The Bertz CT molecular complexity index is 1010. The summed E-state index contributed by atoms with van der Waals surface area (Å²) in [4.78, 5) is 23.1. The number of fused-ring (bicyclic) bond motifs is 2. The fraction of sp³-hybridized carbons (Fsp3) is 0.450. The van der Waals surface area contributed by atoms with E-state index >= 15 is 0 Å². The van der Waals surface area contributed by atoms with Gasteiger partial charge in [-0.15, -0.1) is 0 Å². The largest absolute Gasteiger partial charge is 0.487 e. The maximum absolute atomic E-state index is 13.2. The van der Waals surface area contributed by atoms with Crippen molar-refractivity contribution in [1.29, 1.82) is 0 Å². The van der Waals surface area contributed by atoms with E-state index in [2.05, 4.69) is 9.97 Å². The number of hydrogen-bond donors (Lipinski definition) is 0. The molecule has 0 aliphatic carbocycles. The lowest BCUT2D eigenvalue weighted by molar-refractivity contribution is 0.0749. The summed E-state index contributed by atoms with van der Waals surface area (Å²) in [5.74, 6) is 0.183. The first-order valence-corrected chi connectivity index (χ1v) is 11.2. The quantitative estimate of drug-likeness (QED) is 0.742. The highest BCUT2D eigenvalue weighted by Crippen LogP contribution is 2.36. The molecular formula is C20H24N4O4S. The molecule has 0 spiro atoms. The predicted molar refractivity (Wildman–Crippen MR) is 106 cm³/mol. The normalized spacial score (nSPS) is 23.9. The molecule has 1 aromatic carbocycles. The van der Waals surface area contributed by atoms with Gasteiger partial charge in [0, 0.05) is 32.3 Å². The molecule has 1 aromatic heterocycles. The maximum Gasteiger partial charge on any atom is 0.274 e. The SMILES string of the molecule is CCN1[C@H]2CCN(C(=O)c3cnc(C)cn3)CC[C@@H]2Oc2ccccc2S1(=O)=O. The van der Waals surface area contributed by atoms with Crippen LogP contribution >= 0.6 is 0 Å². The smallest absolute Gasteiger partial charge is 0.274 e. The van der Waals surface area contributed by atoms with Crippen LogP contribution in [0.1, 0.15) is 35.9 Å². The fourth-order valence-corrected chi connectivity index (χ4v) is 5.84. The first kappa shape index (κ1) is 19.8. The van der Waals surface area contributed by atoms with Crippen molar-refractivity contribution in [3.05, 3.63) is 48.0 Å². The van der Waals surface area contributed by atoms with Crippen LogP contribution in [0.5, 0.6) is 5.75 Å². The molecule has 0 radical (unpaired) electrons. The van der Waals surface area contributed by atoms with Gasteiger partial charge in [0.1, 0.15) is 22.4 Å². The molecule has 2 atom stereocenters. The van der Waals surface area contributed by atoms with E-state index in [0.29, 0.717) is 43.9 Å². The van der Waals surface area contributed by atoms with Crippen LogP contribution in [-0.2, 0) is 10.0 Å². The van der Waals surface area contributed by atoms with Crippen molar-refractivity contribution in [2.45, 2.75) is 43.7 Å². The van der Waals surface area contributed by atoms with Crippen LogP contribution in [0.2, 0.25) is 0 Å². The van der Waals surface area contributed by atoms with Gasteiger partial charge in [-0.05, 0) is 25.5 Å². The van der Waals surface area contributed by atoms with Gasteiger partial charge >= 0.3 is 0 Å².